The van der Waals surface area contributed by atoms with Gasteiger partial charge in [-0.2, -0.15) is 0 Å². The standard InChI is InChI=1S/C10H21PS2/c1-10(2,3)8-6-12-9(11(4)5)13-7-8/h8-9H,6-7H2,1-5H3. The van der Waals surface area contributed by atoms with Gasteiger partial charge in [0.05, 0.1) is 4.32 Å². The zero-order valence-electron chi connectivity index (χ0n) is 9.33. The second-order valence-electron chi connectivity index (χ2n) is 5.00. The second-order valence-corrected chi connectivity index (χ2v) is 10.7. The van der Waals surface area contributed by atoms with Gasteiger partial charge >= 0.3 is 0 Å². The molecule has 3 heteroatoms. The minimum absolute atomic E-state index is 0.252. The Kier molecular flexibility index (Phi) is 4.47. The zero-order chi connectivity index (χ0) is 10.1. The third-order valence-corrected chi connectivity index (χ3v) is 9.37. The van der Waals surface area contributed by atoms with E-state index in [0.29, 0.717) is 5.41 Å². The molecule has 0 nitrogen and oxygen atoms in total. The number of hydrogen-bond acceptors (Lipinski definition) is 2. The van der Waals surface area contributed by atoms with E-state index in [0.717, 1.165) is 10.2 Å². The molecule has 1 saturated heterocycles. The lowest BCUT2D eigenvalue weighted by Gasteiger charge is -2.37. The van der Waals surface area contributed by atoms with Gasteiger partial charge in [-0.05, 0) is 36.2 Å². The molecule has 0 aromatic rings. The fourth-order valence-electron chi connectivity index (χ4n) is 1.29. The van der Waals surface area contributed by atoms with Gasteiger partial charge < -0.3 is 0 Å². The summed E-state index contributed by atoms with van der Waals surface area (Å²) in [5.74, 6) is 3.66. The minimum Gasteiger partial charge on any atom is -0.143 e. The Morgan fingerprint density at radius 1 is 1.08 bits per heavy atom. The first kappa shape index (κ1) is 12.2. The molecule has 13 heavy (non-hydrogen) atoms. The highest BCUT2D eigenvalue weighted by atomic mass is 32.2. The maximum absolute atomic E-state index is 2.40. The van der Waals surface area contributed by atoms with Crippen LogP contribution in [0.1, 0.15) is 20.8 Å². The molecule has 0 amide bonds. The zero-order valence-corrected chi connectivity index (χ0v) is 11.9. The molecule has 78 valence electrons. The molecule has 0 unspecified atom stereocenters. The molecule has 1 aliphatic heterocycles. The van der Waals surface area contributed by atoms with Crippen molar-refractivity contribution < 1.29 is 0 Å². The maximum Gasteiger partial charge on any atom is 0.0690 e. The van der Waals surface area contributed by atoms with E-state index in [9.17, 15) is 0 Å². The fraction of sp³-hybridized carbons (Fsp3) is 1.00. The molecule has 1 heterocycles. The minimum atomic E-state index is 0.252. The number of rotatable bonds is 1. The van der Waals surface area contributed by atoms with Gasteiger partial charge in [-0.3, -0.25) is 0 Å². The third-order valence-electron chi connectivity index (χ3n) is 2.53. The Balaban J connectivity index is 2.39. The van der Waals surface area contributed by atoms with E-state index >= 15 is 0 Å². The third kappa shape index (κ3) is 3.64. The van der Waals surface area contributed by atoms with Gasteiger partial charge in [0, 0.05) is 0 Å². The van der Waals surface area contributed by atoms with Gasteiger partial charge in [-0.1, -0.05) is 28.7 Å². The molecule has 1 rings (SSSR count). The quantitative estimate of drug-likeness (QED) is 0.627. The monoisotopic (exact) mass is 236 g/mol. The Morgan fingerprint density at radius 2 is 1.54 bits per heavy atom. The van der Waals surface area contributed by atoms with E-state index in [4.69, 9.17) is 0 Å². The molecule has 0 spiro atoms. The molecule has 1 aliphatic rings. The van der Waals surface area contributed by atoms with Gasteiger partial charge in [0.2, 0.25) is 0 Å². The summed E-state index contributed by atoms with van der Waals surface area (Å²) in [6.07, 6.45) is 0. The molecule has 1 fully saturated rings. The van der Waals surface area contributed by atoms with Crippen LogP contribution < -0.4 is 0 Å². The summed E-state index contributed by atoms with van der Waals surface area (Å²) in [5.41, 5.74) is 0.509. The highest BCUT2D eigenvalue weighted by Gasteiger charge is 2.31. The highest BCUT2D eigenvalue weighted by molar-refractivity contribution is 8.24. The lowest BCUT2D eigenvalue weighted by Crippen LogP contribution is -2.29. The maximum atomic E-state index is 2.40. The molecule has 0 N–H and O–H groups in total. The van der Waals surface area contributed by atoms with E-state index in [1.807, 2.05) is 0 Å². The van der Waals surface area contributed by atoms with Crippen molar-refractivity contribution in [2.24, 2.45) is 11.3 Å². The van der Waals surface area contributed by atoms with Gasteiger partial charge in [-0.15, -0.1) is 23.5 Å². The number of hydrogen-bond donors (Lipinski definition) is 0. The van der Waals surface area contributed by atoms with E-state index in [2.05, 4.69) is 57.6 Å². The molecule has 0 radical (unpaired) electrons. The average molecular weight is 236 g/mol. The van der Waals surface area contributed by atoms with Crippen LogP contribution in [0, 0.1) is 11.3 Å². The Hall–Kier alpha value is 1.13. The first-order valence-electron chi connectivity index (χ1n) is 4.81. The Morgan fingerprint density at radius 3 is 1.85 bits per heavy atom. The van der Waals surface area contributed by atoms with E-state index in [1.54, 1.807) is 0 Å². The molecular formula is C10H21PS2. The first-order valence-corrected chi connectivity index (χ1v) is 9.21. The average Bonchev–Trinajstić information content (AvgIpc) is 2.03. The van der Waals surface area contributed by atoms with Gasteiger partial charge in [0.25, 0.3) is 0 Å². The Labute approximate surface area is 92.8 Å². The van der Waals surface area contributed by atoms with E-state index in [-0.39, 0.29) is 7.92 Å². The number of thioether (sulfide) groups is 2. The van der Waals surface area contributed by atoms with Gasteiger partial charge in [0.15, 0.2) is 0 Å². The lowest BCUT2D eigenvalue weighted by molar-refractivity contribution is 0.293. The normalized spacial score (nSPS) is 30.9. The van der Waals surface area contributed by atoms with Crippen LogP contribution in [0.2, 0.25) is 0 Å². The van der Waals surface area contributed by atoms with Crippen molar-refractivity contribution in [2.75, 3.05) is 24.8 Å². The van der Waals surface area contributed by atoms with Crippen LogP contribution in [-0.2, 0) is 0 Å². The van der Waals surface area contributed by atoms with Crippen molar-refractivity contribution in [2.45, 2.75) is 25.1 Å². The van der Waals surface area contributed by atoms with Crippen molar-refractivity contribution in [3.63, 3.8) is 0 Å². The van der Waals surface area contributed by atoms with Crippen LogP contribution in [0.5, 0.6) is 0 Å². The smallest absolute Gasteiger partial charge is 0.0690 e. The van der Waals surface area contributed by atoms with Crippen molar-refractivity contribution in [1.29, 1.82) is 0 Å². The SMILES string of the molecule is CP(C)C1SCC(C(C)(C)C)CS1. The van der Waals surface area contributed by atoms with Crippen LogP contribution >= 0.6 is 31.4 Å². The van der Waals surface area contributed by atoms with Crippen molar-refractivity contribution in [3.05, 3.63) is 0 Å². The molecule has 0 bridgehead atoms. The second kappa shape index (κ2) is 4.77. The summed E-state index contributed by atoms with van der Waals surface area (Å²) in [5, 5.41) is 0. The summed E-state index contributed by atoms with van der Waals surface area (Å²) in [6.45, 7) is 11.9. The molecule has 0 aliphatic carbocycles. The van der Waals surface area contributed by atoms with Gasteiger partial charge in [0.1, 0.15) is 0 Å². The van der Waals surface area contributed by atoms with Crippen LogP contribution in [0.15, 0.2) is 0 Å². The highest BCUT2D eigenvalue weighted by Crippen LogP contribution is 2.52. The van der Waals surface area contributed by atoms with Crippen molar-refractivity contribution in [3.8, 4) is 0 Å². The predicted octanol–water partition coefficient (Wildman–Crippen LogP) is 4.15. The fourth-order valence-corrected chi connectivity index (χ4v) is 7.23. The molecule has 0 aromatic carbocycles. The summed E-state index contributed by atoms with van der Waals surface area (Å²) in [7, 11) is 0.252. The van der Waals surface area contributed by atoms with Crippen LogP contribution in [0.25, 0.3) is 0 Å². The molecule has 0 atom stereocenters. The van der Waals surface area contributed by atoms with Crippen LogP contribution in [-0.4, -0.2) is 29.2 Å². The molecular weight excluding hydrogens is 215 g/mol. The van der Waals surface area contributed by atoms with E-state index in [1.165, 1.54) is 11.5 Å². The molecule has 0 aromatic heterocycles. The van der Waals surface area contributed by atoms with E-state index < -0.39 is 0 Å². The van der Waals surface area contributed by atoms with Gasteiger partial charge in [-0.25, -0.2) is 0 Å². The lowest BCUT2D eigenvalue weighted by atomic mass is 9.83. The van der Waals surface area contributed by atoms with Crippen molar-refractivity contribution >= 4 is 31.4 Å². The largest absolute Gasteiger partial charge is 0.143 e. The van der Waals surface area contributed by atoms with Crippen molar-refractivity contribution in [1.82, 2.24) is 0 Å². The predicted molar refractivity (Wildman–Crippen MR) is 70.4 cm³/mol. The molecule has 0 saturated carbocycles. The summed E-state index contributed by atoms with van der Waals surface area (Å²) < 4.78 is 0.911. The Bertz CT molecular complexity index is 155. The van der Waals surface area contributed by atoms with Crippen LogP contribution in [0.4, 0.5) is 0 Å². The summed E-state index contributed by atoms with van der Waals surface area (Å²) in [4.78, 5) is 0. The summed E-state index contributed by atoms with van der Waals surface area (Å²) in [6, 6.07) is 0. The first-order chi connectivity index (χ1) is 5.91. The summed E-state index contributed by atoms with van der Waals surface area (Å²) >= 11 is 4.40. The topological polar surface area (TPSA) is 0 Å². The van der Waals surface area contributed by atoms with Crippen LogP contribution in [0.3, 0.4) is 0 Å².